The van der Waals surface area contributed by atoms with Gasteiger partial charge in [0, 0.05) is 18.6 Å². The van der Waals surface area contributed by atoms with Gasteiger partial charge < -0.3 is 9.84 Å². The van der Waals surface area contributed by atoms with Gasteiger partial charge in [0.25, 0.3) is 5.69 Å². The van der Waals surface area contributed by atoms with Crippen LogP contribution in [0.2, 0.25) is 5.02 Å². The summed E-state index contributed by atoms with van der Waals surface area (Å²) in [7, 11) is 0. The molecule has 0 heterocycles. The van der Waals surface area contributed by atoms with Crippen molar-refractivity contribution in [2.45, 2.75) is 25.9 Å². The lowest BCUT2D eigenvalue weighted by atomic mass is 10.1. The molecule has 1 aromatic carbocycles. The second kappa shape index (κ2) is 5.33. The van der Waals surface area contributed by atoms with Gasteiger partial charge in [-0.05, 0) is 19.9 Å². The molecule has 17 heavy (non-hydrogen) atoms. The third kappa shape index (κ3) is 4.58. The summed E-state index contributed by atoms with van der Waals surface area (Å²) < 4.78 is 5.33. The second-order valence-corrected chi connectivity index (χ2v) is 4.69. The van der Waals surface area contributed by atoms with Gasteiger partial charge in [-0.3, -0.25) is 10.1 Å². The van der Waals surface area contributed by atoms with Crippen LogP contribution in [0.25, 0.3) is 0 Å². The van der Waals surface area contributed by atoms with E-state index in [1.54, 1.807) is 13.8 Å². The first-order valence-corrected chi connectivity index (χ1v) is 5.46. The van der Waals surface area contributed by atoms with Crippen molar-refractivity contribution in [3.8, 4) is 5.75 Å². The van der Waals surface area contributed by atoms with Crippen molar-refractivity contribution < 1.29 is 14.8 Å². The number of aliphatic hydroxyl groups is 1. The lowest BCUT2D eigenvalue weighted by Crippen LogP contribution is -2.21. The van der Waals surface area contributed by atoms with E-state index >= 15 is 0 Å². The molecule has 0 aromatic heterocycles. The molecule has 0 aliphatic rings. The molecule has 0 aliphatic heterocycles. The number of ether oxygens (including phenoxy) is 1. The molecule has 0 saturated heterocycles. The van der Waals surface area contributed by atoms with Gasteiger partial charge in [-0.25, -0.2) is 0 Å². The fourth-order valence-electron chi connectivity index (χ4n) is 1.14. The molecule has 1 aromatic rings. The van der Waals surface area contributed by atoms with Gasteiger partial charge in [-0.15, -0.1) is 0 Å². The first-order valence-electron chi connectivity index (χ1n) is 5.09. The maximum Gasteiger partial charge on any atom is 0.288 e. The first-order chi connectivity index (χ1) is 7.79. The van der Waals surface area contributed by atoms with Crippen LogP contribution >= 0.6 is 11.6 Å². The van der Waals surface area contributed by atoms with E-state index < -0.39 is 10.5 Å². The fraction of sp³-hybridized carbons (Fsp3) is 0.455. The average Bonchev–Trinajstić information content (AvgIpc) is 2.15. The number of nitrogens with zero attached hydrogens (tertiary/aromatic N) is 1. The normalized spacial score (nSPS) is 11.3. The highest BCUT2D eigenvalue weighted by molar-refractivity contribution is 6.32. The zero-order valence-corrected chi connectivity index (χ0v) is 10.4. The lowest BCUT2D eigenvalue weighted by molar-refractivity contribution is -0.384. The second-order valence-electron chi connectivity index (χ2n) is 4.28. The van der Waals surface area contributed by atoms with Crippen molar-refractivity contribution in [3.63, 3.8) is 0 Å². The van der Waals surface area contributed by atoms with Crippen LogP contribution in [0.1, 0.15) is 20.3 Å². The van der Waals surface area contributed by atoms with E-state index in [0.717, 1.165) is 0 Å². The fourth-order valence-corrected chi connectivity index (χ4v) is 1.38. The van der Waals surface area contributed by atoms with E-state index in [0.29, 0.717) is 18.8 Å². The molecule has 0 fully saturated rings. The molecule has 1 rings (SSSR count). The number of halogens is 1. The van der Waals surface area contributed by atoms with Crippen molar-refractivity contribution in [1.29, 1.82) is 0 Å². The zero-order valence-electron chi connectivity index (χ0n) is 9.64. The third-order valence-corrected chi connectivity index (χ3v) is 2.40. The molecule has 1 N–H and O–H groups in total. The summed E-state index contributed by atoms with van der Waals surface area (Å²) in [6, 6.07) is 4.17. The minimum absolute atomic E-state index is 0.0377. The molecule has 0 atom stereocenters. The Morgan fingerprint density at radius 2 is 2.18 bits per heavy atom. The van der Waals surface area contributed by atoms with Crippen LogP contribution in [0, 0.1) is 10.1 Å². The Morgan fingerprint density at radius 3 is 2.65 bits per heavy atom. The van der Waals surface area contributed by atoms with Gasteiger partial charge in [-0.2, -0.15) is 0 Å². The van der Waals surface area contributed by atoms with Crippen molar-refractivity contribution >= 4 is 17.3 Å². The van der Waals surface area contributed by atoms with Crippen molar-refractivity contribution in [2.24, 2.45) is 0 Å². The van der Waals surface area contributed by atoms with Gasteiger partial charge in [-0.1, -0.05) is 11.6 Å². The Bertz CT molecular complexity index is 414. The minimum Gasteiger partial charge on any atom is -0.493 e. The third-order valence-electron chi connectivity index (χ3n) is 2.10. The Hall–Kier alpha value is -1.33. The Kier molecular flexibility index (Phi) is 4.31. The Morgan fingerprint density at radius 1 is 1.53 bits per heavy atom. The molecule has 0 aliphatic carbocycles. The molecular formula is C11H14ClNO4. The van der Waals surface area contributed by atoms with E-state index in [1.165, 1.54) is 18.2 Å². The van der Waals surface area contributed by atoms with Gasteiger partial charge in [0.1, 0.15) is 10.8 Å². The highest BCUT2D eigenvalue weighted by atomic mass is 35.5. The predicted octanol–water partition coefficient (Wildman–Crippen LogP) is 2.79. The number of nitro groups is 1. The first kappa shape index (κ1) is 13.7. The minimum atomic E-state index is -0.801. The Balaban J connectivity index is 2.62. The number of benzene rings is 1. The molecule has 0 spiro atoms. The van der Waals surface area contributed by atoms with Crippen LogP contribution in [0.4, 0.5) is 5.69 Å². The van der Waals surface area contributed by atoms with Gasteiger partial charge in [0.15, 0.2) is 0 Å². The zero-order chi connectivity index (χ0) is 13.1. The summed E-state index contributed by atoms with van der Waals surface area (Å²) in [6.45, 7) is 3.68. The van der Waals surface area contributed by atoms with Crippen LogP contribution < -0.4 is 4.74 Å². The van der Waals surface area contributed by atoms with Gasteiger partial charge in [0.2, 0.25) is 0 Å². The molecule has 0 unspecified atom stereocenters. The number of hydrogen-bond acceptors (Lipinski definition) is 4. The number of nitro benzene ring substituents is 1. The maximum atomic E-state index is 10.5. The quantitative estimate of drug-likeness (QED) is 0.652. The largest absolute Gasteiger partial charge is 0.493 e. The van der Waals surface area contributed by atoms with E-state index in [1.807, 2.05) is 0 Å². The molecule has 0 radical (unpaired) electrons. The summed E-state index contributed by atoms with van der Waals surface area (Å²) in [6.07, 6.45) is 0.460. The molecule has 94 valence electrons. The molecular weight excluding hydrogens is 246 g/mol. The van der Waals surface area contributed by atoms with E-state index in [-0.39, 0.29) is 10.7 Å². The Labute approximate surface area is 104 Å². The van der Waals surface area contributed by atoms with Crippen LogP contribution in [0.3, 0.4) is 0 Å². The summed E-state index contributed by atoms with van der Waals surface area (Å²) >= 11 is 5.72. The van der Waals surface area contributed by atoms with E-state index in [2.05, 4.69) is 0 Å². The van der Waals surface area contributed by atoms with Crippen LogP contribution in [-0.2, 0) is 0 Å². The molecule has 0 bridgehead atoms. The van der Waals surface area contributed by atoms with Crippen molar-refractivity contribution in [1.82, 2.24) is 0 Å². The molecule has 5 nitrogen and oxygen atoms in total. The van der Waals surface area contributed by atoms with Gasteiger partial charge in [0.05, 0.1) is 17.1 Å². The number of hydrogen-bond donors (Lipinski definition) is 1. The van der Waals surface area contributed by atoms with E-state index in [4.69, 9.17) is 16.3 Å². The van der Waals surface area contributed by atoms with Crippen molar-refractivity contribution in [3.05, 3.63) is 33.3 Å². The summed E-state index contributed by atoms with van der Waals surface area (Å²) in [5, 5.41) is 20.0. The maximum absolute atomic E-state index is 10.5. The predicted molar refractivity (Wildman–Crippen MR) is 64.5 cm³/mol. The van der Waals surface area contributed by atoms with Crippen LogP contribution in [0.15, 0.2) is 18.2 Å². The number of rotatable bonds is 5. The molecule has 0 saturated carbocycles. The molecule has 0 amide bonds. The SMILES string of the molecule is CC(C)(O)CCOc1ccc([N+](=O)[O-])c(Cl)c1. The summed E-state index contributed by atoms with van der Waals surface area (Å²) in [5.41, 5.74) is -0.952. The smallest absolute Gasteiger partial charge is 0.288 e. The summed E-state index contributed by atoms with van der Waals surface area (Å²) in [4.78, 5) is 9.97. The highest BCUT2D eigenvalue weighted by Crippen LogP contribution is 2.28. The standard InChI is InChI=1S/C11H14ClNO4/c1-11(2,14)5-6-17-8-3-4-10(13(15)16)9(12)7-8/h3-4,7,14H,5-6H2,1-2H3. The molecule has 6 heteroatoms. The van der Waals surface area contributed by atoms with E-state index in [9.17, 15) is 15.2 Å². The monoisotopic (exact) mass is 259 g/mol. The summed E-state index contributed by atoms with van der Waals surface area (Å²) in [5.74, 6) is 0.449. The van der Waals surface area contributed by atoms with Crippen LogP contribution in [-0.4, -0.2) is 22.2 Å². The van der Waals surface area contributed by atoms with Crippen molar-refractivity contribution in [2.75, 3.05) is 6.61 Å². The highest BCUT2D eigenvalue weighted by Gasteiger charge is 2.14. The topological polar surface area (TPSA) is 72.6 Å². The lowest BCUT2D eigenvalue weighted by Gasteiger charge is -2.17. The van der Waals surface area contributed by atoms with Crippen LogP contribution in [0.5, 0.6) is 5.75 Å². The van der Waals surface area contributed by atoms with Gasteiger partial charge >= 0.3 is 0 Å². The average molecular weight is 260 g/mol.